The molecule has 0 saturated carbocycles. The van der Waals surface area contributed by atoms with Crippen LogP contribution < -0.4 is 19.7 Å². The molecule has 0 saturated heterocycles. The summed E-state index contributed by atoms with van der Waals surface area (Å²) in [5.41, 5.74) is 2.08. The van der Waals surface area contributed by atoms with Gasteiger partial charge in [0.15, 0.2) is 11.5 Å². The molecule has 3 aromatic carbocycles. The third-order valence-electron chi connectivity index (χ3n) is 6.59. The van der Waals surface area contributed by atoms with E-state index in [0.29, 0.717) is 28.3 Å². The van der Waals surface area contributed by atoms with E-state index in [1.165, 1.54) is 12.0 Å². The maximum Gasteiger partial charge on any atom is 0.249 e. The Morgan fingerprint density at radius 2 is 1.66 bits per heavy atom. The summed E-state index contributed by atoms with van der Waals surface area (Å²) >= 11 is 0. The van der Waals surface area contributed by atoms with Crippen LogP contribution in [0.15, 0.2) is 72.8 Å². The third kappa shape index (κ3) is 5.61. The van der Waals surface area contributed by atoms with Gasteiger partial charge in [-0.2, -0.15) is 0 Å². The van der Waals surface area contributed by atoms with E-state index >= 15 is 0 Å². The molecule has 1 N–H and O–H groups in total. The molecule has 0 unspecified atom stereocenters. The summed E-state index contributed by atoms with van der Waals surface area (Å²) in [7, 11) is 3.07. The number of benzene rings is 3. The Hall–Kier alpha value is -4.40. The number of methoxy groups -OCH3 is 2. The minimum Gasteiger partial charge on any atom is -0.493 e. The normalized spacial score (nSPS) is 12.1. The van der Waals surface area contributed by atoms with Gasteiger partial charge in [-0.1, -0.05) is 54.6 Å². The number of para-hydroxylation sites is 1. The monoisotopic (exact) mass is 515 g/mol. The molecule has 1 aromatic heterocycles. The third-order valence-corrected chi connectivity index (χ3v) is 6.59. The van der Waals surface area contributed by atoms with E-state index in [1.807, 2.05) is 75.4 Å². The van der Waals surface area contributed by atoms with Crippen molar-refractivity contribution in [1.29, 1.82) is 0 Å². The zero-order chi connectivity index (χ0) is 27.3. The van der Waals surface area contributed by atoms with Gasteiger partial charge in [-0.3, -0.25) is 14.5 Å². The number of rotatable bonds is 10. The Morgan fingerprint density at radius 1 is 0.974 bits per heavy atom. The fourth-order valence-corrected chi connectivity index (χ4v) is 4.19. The predicted octanol–water partition coefficient (Wildman–Crippen LogP) is 4.53. The van der Waals surface area contributed by atoms with Crippen molar-refractivity contribution in [3.8, 4) is 11.5 Å². The Kier molecular flexibility index (Phi) is 7.95. The van der Waals surface area contributed by atoms with E-state index < -0.39 is 11.6 Å². The van der Waals surface area contributed by atoms with Crippen molar-refractivity contribution < 1.29 is 19.1 Å². The summed E-state index contributed by atoms with van der Waals surface area (Å²) in [6.07, 6.45) is 0.718. The van der Waals surface area contributed by atoms with Gasteiger partial charge < -0.3 is 14.8 Å². The van der Waals surface area contributed by atoms with Crippen LogP contribution in [-0.2, 0) is 16.1 Å². The molecule has 1 atom stereocenters. The minimum atomic E-state index is -0.956. The number of carbonyl (C=O) groups is 2. The Morgan fingerprint density at radius 3 is 2.34 bits per heavy atom. The molecule has 38 heavy (non-hydrogen) atoms. The predicted molar refractivity (Wildman–Crippen MR) is 146 cm³/mol. The van der Waals surface area contributed by atoms with Crippen molar-refractivity contribution in [3.05, 3.63) is 78.4 Å². The maximum atomic E-state index is 14.1. The lowest BCUT2D eigenvalue weighted by atomic mass is 9.98. The van der Waals surface area contributed by atoms with E-state index in [2.05, 4.69) is 15.6 Å². The van der Waals surface area contributed by atoms with Gasteiger partial charge in [-0.15, -0.1) is 5.10 Å². The van der Waals surface area contributed by atoms with Crippen molar-refractivity contribution in [2.24, 2.45) is 0 Å². The summed E-state index contributed by atoms with van der Waals surface area (Å²) in [5, 5.41) is 11.5. The number of amides is 2. The van der Waals surface area contributed by atoms with Crippen molar-refractivity contribution in [1.82, 2.24) is 20.3 Å². The highest BCUT2D eigenvalue weighted by atomic mass is 16.5. The first-order valence-electron chi connectivity index (χ1n) is 12.5. The molecule has 198 valence electrons. The van der Waals surface area contributed by atoms with Crippen molar-refractivity contribution in [3.63, 3.8) is 0 Å². The van der Waals surface area contributed by atoms with E-state index in [4.69, 9.17) is 9.47 Å². The van der Waals surface area contributed by atoms with Crippen LogP contribution in [-0.4, -0.2) is 46.6 Å². The molecular formula is C29H33N5O4. The first-order chi connectivity index (χ1) is 18.3. The van der Waals surface area contributed by atoms with Gasteiger partial charge in [0.25, 0.3) is 0 Å². The van der Waals surface area contributed by atoms with Gasteiger partial charge >= 0.3 is 0 Å². The first-order valence-corrected chi connectivity index (χ1v) is 12.5. The van der Waals surface area contributed by atoms with Gasteiger partial charge in [-0.25, -0.2) is 4.68 Å². The Balaban J connectivity index is 1.85. The first kappa shape index (κ1) is 26.7. The average Bonchev–Trinajstić information content (AvgIpc) is 3.33. The lowest BCUT2D eigenvalue weighted by molar-refractivity contribution is -0.128. The van der Waals surface area contributed by atoms with Crippen LogP contribution in [0.4, 0.5) is 5.69 Å². The molecule has 0 aliphatic carbocycles. The second-order valence-electron chi connectivity index (χ2n) is 9.58. The van der Waals surface area contributed by atoms with Crippen molar-refractivity contribution in [2.45, 2.75) is 45.3 Å². The molecule has 0 aliphatic heterocycles. The molecule has 0 fully saturated rings. The van der Waals surface area contributed by atoms with Gasteiger partial charge in [0.1, 0.15) is 18.1 Å². The van der Waals surface area contributed by atoms with Crippen LogP contribution in [0.25, 0.3) is 11.0 Å². The SMILES string of the molecule is CCC(C)(C)NC(=O)[C@@H](c1ccccc1)N(C(=O)Cn1nnc2ccccc21)c1ccc(OC)c(OC)c1. The zero-order valence-corrected chi connectivity index (χ0v) is 22.3. The number of fused-ring (bicyclic) bond motifs is 1. The number of ether oxygens (including phenoxy) is 2. The second kappa shape index (κ2) is 11.3. The Bertz CT molecular complexity index is 1420. The quantitative estimate of drug-likeness (QED) is 0.333. The summed E-state index contributed by atoms with van der Waals surface area (Å²) in [6.45, 7) is 5.79. The van der Waals surface area contributed by atoms with Crippen LogP contribution >= 0.6 is 0 Å². The van der Waals surface area contributed by atoms with Gasteiger partial charge in [0.2, 0.25) is 11.8 Å². The average molecular weight is 516 g/mol. The number of aromatic nitrogens is 3. The summed E-state index contributed by atoms with van der Waals surface area (Å²) in [5.74, 6) is 0.315. The molecule has 9 nitrogen and oxygen atoms in total. The molecule has 2 amide bonds. The van der Waals surface area contributed by atoms with Crippen molar-refractivity contribution in [2.75, 3.05) is 19.1 Å². The van der Waals surface area contributed by atoms with Crippen LogP contribution in [0.5, 0.6) is 11.5 Å². The van der Waals surface area contributed by atoms with Crippen LogP contribution in [0.1, 0.15) is 38.8 Å². The number of nitrogens with zero attached hydrogens (tertiary/aromatic N) is 4. The summed E-state index contributed by atoms with van der Waals surface area (Å²) in [4.78, 5) is 29.6. The molecular weight excluding hydrogens is 482 g/mol. The molecule has 4 rings (SSSR count). The Labute approximate surface area is 222 Å². The number of anilines is 1. The topological polar surface area (TPSA) is 98.6 Å². The molecule has 0 radical (unpaired) electrons. The smallest absolute Gasteiger partial charge is 0.249 e. The molecule has 0 spiro atoms. The van der Waals surface area contributed by atoms with Crippen LogP contribution in [0.2, 0.25) is 0 Å². The zero-order valence-electron chi connectivity index (χ0n) is 22.3. The van der Waals surface area contributed by atoms with Crippen LogP contribution in [0, 0.1) is 0 Å². The highest BCUT2D eigenvalue weighted by molar-refractivity contribution is 6.02. The largest absolute Gasteiger partial charge is 0.493 e. The number of hydrogen-bond acceptors (Lipinski definition) is 6. The molecule has 0 aliphatic rings. The molecule has 9 heteroatoms. The number of carbonyl (C=O) groups excluding carboxylic acids is 2. The van der Waals surface area contributed by atoms with Crippen molar-refractivity contribution >= 4 is 28.5 Å². The van der Waals surface area contributed by atoms with Gasteiger partial charge in [0, 0.05) is 17.3 Å². The van der Waals surface area contributed by atoms with Gasteiger partial charge in [0.05, 0.1) is 19.7 Å². The fourth-order valence-electron chi connectivity index (χ4n) is 4.19. The molecule has 4 aromatic rings. The highest BCUT2D eigenvalue weighted by Gasteiger charge is 2.35. The minimum absolute atomic E-state index is 0.122. The lowest BCUT2D eigenvalue weighted by Crippen LogP contribution is -2.51. The summed E-state index contributed by atoms with van der Waals surface area (Å²) in [6, 6.07) is 20.9. The lowest BCUT2D eigenvalue weighted by Gasteiger charge is -2.35. The highest BCUT2D eigenvalue weighted by Crippen LogP contribution is 2.36. The van der Waals surface area contributed by atoms with E-state index in [0.717, 1.165) is 11.9 Å². The van der Waals surface area contributed by atoms with E-state index in [-0.39, 0.29) is 18.4 Å². The number of nitrogens with one attached hydrogen (secondary N) is 1. The molecule has 1 heterocycles. The van der Waals surface area contributed by atoms with E-state index in [1.54, 1.807) is 30.0 Å². The van der Waals surface area contributed by atoms with E-state index in [9.17, 15) is 9.59 Å². The number of hydrogen-bond donors (Lipinski definition) is 1. The molecule has 0 bridgehead atoms. The summed E-state index contributed by atoms with van der Waals surface area (Å²) < 4.78 is 12.5. The maximum absolute atomic E-state index is 14.1. The standard InChI is InChI=1S/C29H33N5O4/c1-6-29(2,3)30-28(36)27(20-12-8-7-9-13-20)34(21-16-17-24(37-4)25(18-21)38-5)26(35)19-33-23-15-11-10-14-22(23)31-32-33/h7-18,27H,6,19H2,1-5H3,(H,30,36)/t27-/m1/s1. The van der Waals surface area contributed by atoms with Gasteiger partial charge in [-0.05, 0) is 50.1 Å². The fraction of sp³-hybridized carbons (Fsp3) is 0.310. The van der Waals surface area contributed by atoms with Crippen LogP contribution in [0.3, 0.4) is 0 Å². The second-order valence-corrected chi connectivity index (χ2v) is 9.58.